The van der Waals surface area contributed by atoms with Gasteiger partial charge in [-0.25, -0.2) is 0 Å². The predicted molar refractivity (Wildman–Crippen MR) is 77.1 cm³/mol. The van der Waals surface area contributed by atoms with Crippen molar-refractivity contribution in [2.24, 2.45) is 5.73 Å². The van der Waals surface area contributed by atoms with Crippen LogP contribution in [-0.4, -0.2) is 13.0 Å². The lowest BCUT2D eigenvalue weighted by molar-refractivity contribution is -0.118. The zero-order valence-corrected chi connectivity index (χ0v) is 11.6. The van der Waals surface area contributed by atoms with E-state index >= 15 is 0 Å². The highest BCUT2D eigenvalue weighted by atomic mass is 16.2. The fourth-order valence-corrected chi connectivity index (χ4v) is 3.60. The smallest absolute Gasteiger partial charge is 0.227 e. The van der Waals surface area contributed by atoms with Gasteiger partial charge in [0, 0.05) is 24.7 Å². The summed E-state index contributed by atoms with van der Waals surface area (Å²) in [4.78, 5) is 13.6. The third kappa shape index (κ3) is 2.06. The van der Waals surface area contributed by atoms with Gasteiger partial charge in [0.25, 0.3) is 0 Å². The normalized spacial score (nSPS) is 22.2. The number of nitrogens with zero attached hydrogens (tertiary/aromatic N) is 1. The zero-order valence-electron chi connectivity index (χ0n) is 11.6. The first-order valence-corrected chi connectivity index (χ1v) is 7.30. The van der Waals surface area contributed by atoms with Gasteiger partial charge >= 0.3 is 0 Å². The molecule has 2 aliphatic rings. The quantitative estimate of drug-likeness (QED) is 0.842. The van der Waals surface area contributed by atoms with Crippen LogP contribution in [-0.2, 0) is 16.8 Å². The molecule has 0 bridgehead atoms. The number of hydrogen-bond donors (Lipinski definition) is 1. The van der Waals surface area contributed by atoms with Crippen molar-refractivity contribution < 1.29 is 4.79 Å². The number of nitrogens with two attached hydrogens (primary N) is 1. The Morgan fingerprint density at radius 1 is 1.16 bits per heavy atom. The molecule has 2 N–H and O–H groups in total. The molecule has 0 atom stereocenters. The number of fused-ring (bicyclic) bond motifs is 1. The van der Waals surface area contributed by atoms with E-state index < -0.39 is 0 Å². The van der Waals surface area contributed by atoms with E-state index in [4.69, 9.17) is 5.73 Å². The summed E-state index contributed by atoms with van der Waals surface area (Å²) in [7, 11) is 1.87. The lowest BCUT2D eigenvalue weighted by Crippen LogP contribution is -2.41. The fourth-order valence-electron chi connectivity index (χ4n) is 3.60. The minimum absolute atomic E-state index is 0.176. The van der Waals surface area contributed by atoms with Crippen molar-refractivity contribution >= 4 is 11.6 Å². The maximum Gasteiger partial charge on any atom is 0.227 e. The maximum atomic E-state index is 11.8. The monoisotopic (exact) mass is 258 g/mol. The third-order valence-corrected chi connectivity index (χ3v) is 4.76. The van der Waals surface area contributed by atoms with E-state index in [0.29, 0.717) is 6.42 Å². The Morgan fingerprint density at radius 2 is 1.89 bits per heavy atom. The van der Waals surface area contributed by atoms with Crippen molar-refractivity contribution in [1.29, 1.82) is 0 Å². The topological polar surface area (TPSA) is 46.3 Å². The number of hydrogen-bond acceptors (Lipinski definition) is 2. The second kappa shape index (κ2) is 4.64. The van der Waals surface area contributed by atoms with E-state index in [2.05, 4.69) is 6.07 Å². The van der Waals surface area contributed by atoms with Crippen LogP contribution in [0.1, 0.15) is 49.7 Å². The van der Waals surface area contributed by atoms with Crippen molar-refractivity contribution in [3.05, 3.63) is 29.3 Å². The van der Waals surface area contributed by atoms with Crippen molar-refractivity contribution in [3.8, 4) is 0 Å². The molecular weight excluding hydrogens is 236 g/mol. The molecule has 0 saturated heterocycles. The SMILES string of the molecule is CN1C(=O)CCc2c1cccc2C1(N)CCCCC1. The first-order chi connectivity index (χ1) is 9.12. The molecule has 0 spiro atoms. The molecule has 1 aromatic carbocycles. The Bertz CT molecular complexity index is 503. The summed E-state index contributed by atoms with van der Waals surface area (Å²) in [6, 6.07) is 6.27. The molecule has 0 unspecified atom stereocenters. The summed E-state index contributed by atoms with van der Waals surface area (Å²) in [6.45, 7) is 0. The number of carbonyl (C=O) groups is 1. The average molecular weight is 258 g/mol. The van der Waals surface area contributed by atoms with Crippen LogP contribution in [0.5, 0.6) is 0 Å². The van der Waals surface area contributed by atoms with Gasteiger partial charge in [-0.15, -0.1) is 0 Å². The fraction of sp³-hybridized carbons (Fsp3) is 0.562. The molecule has 0 aromatic heterocycles. The molecule has 19 heavy (non-hydrogen) atoms. The van der Waals surface area contributed by atoms with E-state index in [1.54, 1.807) is 4.90 Å². The molecule has 1 aromatic rings. The van der Waals surface area contributed by atoms with Crippen molar-refractivity contribution in [3.63, 3.8) is 0 Å². The Hall–Kier alpha value is -1.35. The van der Waals surface area contributed by atoms with E-state index in [1.807, 2.05) is 19.2 Å². The Balaban J connectivity index is 2.06. The Morgan fingerprint density at radius 3 is 2.63 bits per heavy atom. The van der Waals surface area contributed by atoms with E-state index in [0.717, 1.165) is 24.9 Å². The number of rotatable bonds is 1. The molecule has 1 heterocycles. The van der Waals surface area contributed by atoms with Crippen LogP contribution in [0.4, 0.5) is 5.69 Å². The van der Waals surface area contributed by atoms with Crippen LogP contribution < -0.4 is 10.6 Å². The molecule has 0 radical (unpaired) electrons. The van der Waals surface area contributed by atoms with Gasteiger partial charge in [-0.3, -0.25) is 4.79 Å². The van der Waals surface area contributed by atoms with Gasteiger partial charge in [-0.2, -0.15) is 0 Å². The summed E-state index contributed by atoms with van der Waals surface area (Å²) in [5.41, 5.74) is 10.1. The summed E-state index contributed by atoms with van der Waals surface area (Å²) in [5.74, 6) is 0.208. The number of benzene rings is 1. The van der Waals surface area contributed by atoms with Gasteiger partial charge in [0.2, 0.25) is 5.91 Å². The largest absolute Gasteiger partial charge is 0.321 e. The molecule has 1 aliphatic heterocycles. The summed E-state index contributed by atoms with van der Waals surface area (Å²) < 4.78 is 0. The van der Waals surface area contributed by atoms with Gasteiger partial charge in [-0.1, -0.05) is 31.4 Å². The zero-order chi connectivity index (χ0) is 13.5. The van der Waals surface area contributed by atoms with E-state index in [9.17, 15) is 4.79 Å². The van der Waals surface area contributed by atoms with Gasteiger partial charge in [0.1, 0.15) is 0 Å². The van der Waals surface area contributed by atoms with E-state index in [1.165, 1.54) is 30.4 Å². The van der Waals surface area contributed by atoms with Crippen LogP contribution in [0.25, 0.3) is 0 Å². The van der Waals surface area contributed by atoms with Crippen LogP contribution in [0.15, 0.2) is 18.2 Å². The third-order valence-electron chi connectivity index (χ3n) is 4.76. The highest BCUT2D eigenvalue weighted by Crippen LogP contribution is 2.40. The average Bonchev–Trinajstić information content (AvgIpc) is 2.43. The minimum Gasteiger partial charge on any atom is -0.321 e. The summed E-state index contributed by atoms with van der Waals surface area (Å²) >= 11 is 0. The molecule has 1 amide bonds. The van der Waals surface area contributed by atoms with E-state index in [-0.39, 0.29) is 11.4 Å². The lowest BCUT2D eigenvalue weighted by Gasteiger charge is -2.38. The van der Waals surface area contributed by atoms with Gasteiger partial charge < -0.3 is 10.6 Å². The second-order valence-electron chi connectivity index (χ2n) is 5.97. The maximum absolute atomic E-state index is 11.8. The highest BCUT2D eigenvalue weighted by Gasteiger charge is 2.34. The molecule has 3 nitrogen and oxygen atoms in total. The first-order valence-electron chi connectivity index (χ1n) is 7.30. The van der Waals surface area contributed by atoms with Gasteiger partial charge in [0.15, 0.2) is 0 Å². The number of carbonyl (C=O) groups excluding carboxylic acids is 1. The van der Waals surface area contributed by atoms with Crippen LogP contribution >= 0.6 is 0 Å². The molecule has 1 saturated carbocycles. The molecule has 102 valence electrons. The molecule has 3 rings (SSSR count). The summed E-state index contributed by atoms with van der Waals surface area (Å²) in [6.07, 6.45) is 7.32. The Kier molecular flexibility index (Phi) is 3.09. The molecular formula is C16H22N2O. The lowest BCUT2D eigenvalue weighted by atomic mass is 9.74. The van der Waals surface area contributed by atoms with Crippen molar-refractivity contribution in [1.82, 2.24) is 0 Å². The number of anilines is 1. The molecule has 3 heteroatoms. The molecule has 1 fully saturated rings. The standard InChI is InChI=1S/C16H22N2O/c1-18-14-7-5-6-13(12(14)8-9-15(18)19)16(17)10-3-2-4-11-16/h5-7H,2-4,8-11,17H2,1H3. The van der Waals surface area contributed by atoms with Gasteiger partial charge in [0.05, 0.1) is 0 Å². The first kappa shape index (κ1) is 12.7. The molecule has 1 aliphatic carbocycles. The second-order valence-corrected chi connectivity index (χ2v) is 5.97. The summed E-state index contributed by atoms with van der Waals surface area (Å²) in [5, 5.41) is 0. The van der Waals surface area contributed by atoms with Crippen LogP contribution in [0.2, 0.25) is 0 Å². The Labute approximate surface area is 114 Å². The van der Waals surface area contributed by atoms with Crippen molar-refractivity contribution in [2.75, 3.05) is 11.9 Å². The minimum atomic E-state index is -0.176. The highest BCUT2D eigenvalue weighted by molar-refractivity contribution is 5.96. The number of amides is 1. The predicted octanol–water partition coefficient (Wildman–Crippen LogP) is 2.71. The van der Waals surface area contributed by atoms with Gasteiger partial charge in [-0.05, 0) is 36.5 Å². The van der Waals surface area contributed by atoms with Crippen LogP contribution in [0.3, 0.4) is 0 Å². The van der Waals surface area contributed by atoms with Crippen molar-refractivity contribution in [2.45, 2.75) is 50.5 Å². The van der Waals surface area contributed by atoms with Crippen LogP contribution in [0, 0.1) is 0 Å².